The van der Waals surface area contributed by atoms with Gasteiger partial charge >= 0.3 is 0 Å². The van der Waals surface area contributed by atoms with E-state index in [0.717, 1.165) is 25.2 Å². The van der Waals surface area contributed by atoms with Crippen molar-refractivity contribution in [1.29, 1.82) is 0 Å². The standard InChI is InChI=1S/C21H37NO3/c1-16(2)14-12-10-8-6-5-7-9-11-13-15-18(23)19-20(24)17(3)22(4)21(19)25/h16-17,24H,5-15H2,1-4H3/t17-/m1/s1. The van der Waals surface area contributed by atoms with E-state index in [1.54, 1.807) is 14.0 Å². The highest BCUT2D eigenvalue weighted by atomic mass is 16.3. The molecule has 1 atom stereocenters. The van der Waals surface area contributed by atoms with E-state index >= 15 is 0 Å². The van der Waals surface area contributed by atoms with Gasteiger partial charge in [-0.05, 0) is 19.3 Å². The SMILES string of the molecule is CC(C)CCCCCCCCCCCC(=O)C1=C(O)[C@@H](C)N(C)C1=O. The van der Waals surface area contributed by atoms with Crippen LogP contribution in [0.4, 0.5) is 0 Å². The first kappa shape index (κ1) is 21.7. The zero-order valence-corrected chi connectivity index (χ0v) is 16.6. The summed E-state index contributed by atoms with van der Waals surface area (Å²) in [6.45, 7) is 6.30. The summed E-state index contributed by atoms with van der Waals surface area (Å²) in [4.78, 5) is 25.6. The zero-order chi connectivity index (χ0) is 18.8. The van der Waals surface area contributed by atoms with Gasteiger partial charge in [0.1, 0.15) is 11.3 Å². The number of carbonyl (C=O) groups excluding carboxylic acids is 2. The van der Waals surface area contributed by atoms with E-state index in [-0.39, 0.29) is 29.1 Å². The van der Waals surface area contributed by atoms with Crippen LogP contribution in [0.15, 0.2) is 11.3 Å². The number of aliphatic hydroxyl groups is 1. The van der Waals surface area contributed by atoms with Crippen molar-refractivity contribution in [3.05, 3.63) is 11.3 Å². The van der Waals surface area contributed by atoms with E-state index < -0.39 is 0 Å². The Kier molecular flexibility index (Phi) is 9.84. The molecule has 1 aliphatic rings. The number of hydrogen-bond donors (Lipinski definition) is 1. The molecule has 0 bridgehead atoms. The predicted molar refractivity (Wildman–Crippen MR) is 103 cm³/mol. The molecule has 1 N–H and O–H groups in total. The van der Waals surface area contributed by atoms with Crippen LogP contribution in [0.5, 0.6) is 0 Å². The van der Waals surface area contributed by atoms with E-state index in [4.69, 9.17) is 0 Å². The first-order valence-corrected chi connectivity index (χ1v) is 10.1. The van der Waals surface area contributed by atoms with E-state index in [0.29, 0.717) is 6.42 Å². The van der Waals surface area contributed by atoms with Crippen molar-refractivity contribution < 1.29 is 14.7 Å². The molecule has 25 heavy (non-hydrogen) atoms. The van der Waals surface area contributed by atoms with Crippen LogP contribution in [-0.2, 0) is 9.59 Å². The van der Waals surface area contributed by atoms with Crippen LogP contribution >= 0.6 is 0 Å². The molecule has 0 aromatic heterocycles. The highest BCUT2D eigenvalue weighted by Crippen LogP contribution is 2.24. The number of carbonyl (C=O) groups is 2. The normalized spacial score (nSPS) is 17.9. The molecule has 1 heterocycles. The van der Waals surface area contributed by atoms with Crippen LogP contribution in [0, 0.1) is 5.92 Å². The Labute approximate surface area is 153 Å². The summed E-state index contributed by atoms with van der Waals surface area (Å²) in [6.07, 6.45) is 12.5. The van der Waals surface area contributed by atoms with Crippen LogP contribution in [0.3, 0.4) is 0 Å². The van der Waals surface area contributed by atoms with Crippen molar-refractivity contribution in [2.45, 2.75) is 97.4 Å². The summed E-state index contributed by atoms with van der Waals surface area (Å²) in [7, 11) is 1.62. The van der Waals surface area contributed by atoms with Crippen LogP contribution in [0.2, 0.25) is 0 Å². The molecule has 4 heteroatoms. The number of nitrogens with zero attached hydrogens (tertiary/aromatic N) is 1. The molecular weight excluding hydrogens is 314 g/mol. The van der Waals surface area contributed by atoms with Crippen molar-refractivity contribution >= 4 is 11.7 Å². The van der Waals surface area contributed by atoms with Crippen molar-refractivity contribution in [2.75, 3.05) is 7.05 Å². The Morgan fingerprint density at radius 3 is 1.92 bits per heavy atom. The van der Waals surface area contributed by atoms with Gasteiger partial charge in [-0.15, -0.1) is 0 Å². The van der Waals surface area contributed by atoms with Gasteiger partial charge in [0.2, 0.25) is 0 Å². The predicted octanol–water partition coefficient (Wildman–Crippen LogP) is 5.18. The fourth-order valence-corrected chi connectivity index (χ4v) is 3.32. The smallest absolute Gasteiger partial charge is 0.261 e. The largest absolute Gasteiger partial charge is 0.509 e. The molecule has 0 saturated carbocycles. The Morgan fingerprint density at radius 1 is 1.00 bits per heavy atom. The molecule has 0 fully saturated rings. The number of Topliss-reactive ketones (excluding diaryl/α,β-unsaturated/α-hetero) is 1. The van der Waals surface area contributed by atoms with Gasteiger partial charge < -0.3 is 10.0 Å². The molecule has 0 aromatic rings. The lowest BCUT2D eigenvalue weighted by molar-refractivity contribution is -0.128. The van der Waals surface area contributed by atoms with Crippen molar-refractivity contribution in [1.82, 2.24) is 4.90 Å². The summed E-state index contributed by atoms with van der Waals surface area (Å²) in [5, 5.41) is 9.96. The van der Waals surface area contributed by atoms with Crippen molar-refractivity contribution in [3.8, 4) is 0 Å². The van der Waals surface area contributed by atoms with E-state index in [2.05, 4.69) is 13.8 Å². The molecule has 0 spiro atoms. The summed E-state index contributed by atoms with van der Waals surface area (Å²) in [6, 6.07) is -0.382. The lowest BCUT2D eigenvalue weighted by Gasteiger charge is -2.14. The molecular formula is C21H37NO3. The molecule has 1 rings (SSSR count). The maximum absolute atomic E-state index is 12.2. The number of amides is 1. The maximum Gasteiger partial charge on any atom is 0.261 e. The highest BCUT2D eigenvalue weighted by molar-refractivity contribution is 6.21. The van der Waals surface area contributed by atoms with Gasteiger partial charge in [0.25, 0.3) is 5.91 Å². The van der Waals surface area contributed by atoms with Crippen molar-refractivity contribution in [3.63, 3.8) is 0 Å². The van der Waals surface area contributed by atoms with Gasteiger partial charge in [-0.3, -0.25) is 9.59 Å². The van der Waals surface area contributed by atoms with Gasteiger partial charge in [0.15, 0.2) is 5.78 Å². The Bertz CT molecular complexity index is 468. The van der Waals surface area contributed by atoms with Gasteiger partial charge in [-0.25, -0.2) is 0 Å². The molecule has 0 saturated heterocycles. The minimum absolute atomic E-state index is 0.0106. The summed E-state index contributed by atoms with van der Waals surface area (Å²) in [5.41, 5.74) is 0.0106. The second-order valence-corrected chi connectivity index (χ2v) is 7.89. The molecule has 0 aliphatic carbocycles. The van der Waals surface area contributed by atoms with E-state index in [9.17, 15) is 14.7 Å². The minimum Gasteiger partial charge on any atom is -0.509 e. The average molecular weight is 352 g/mol. The average Bonchev–Trinajstić information content (AvgIpc) is 2.75. The first-order chi connectivity index (χ1) is 11.9. The van der Waals surface area contributed by atoms with Crippen LogP contribution in [0.1, 0.15) is 91.4 Å². The van der Waals surface area contributed by atoms with E-state index in [1.165, 1.54) is 49.8 Å². The second-order valence-electron chi connectivity index (χ2n) is 7.89. The molecule has 0 radical (unpaired) electrons. The number of unbranched alkanes of at least 4 members (excludes halogenated alkanes) is 8. The quantitative estimate of drug-likeness (QED) is 0.367. The van der Waals surface area contributed by atoms with Crippen LogP contribution in [-0.4, -0.2) is 34.8 Å². The van der Waals surface area contributed by atoms with Crippen LogP contribution in [0.25, 0.3) is 0 Å². The fraction of sp³-hybridized carbons (Fsp3) is 0.810. The third-order valence-electron chi connectivity index (χ3n) is 5.23. The third-order valence-corrected chi connectivity index (χ3v) is 5.23. The van der Waals surface area contributed by atoms with Gasteiger partial charge in [0, 0.05) is 13.5 Å². The molecule has 1 aliphatic heterocycles. The minimum atomic E-state index is -0.382. The second kappa shape index (κ2) is 11.3. The van der Waals surface area contributed by atoms with E-state index in [1.807, 2.05) is 0 Å². The lowest BCUT2D eigenvalue weighted by atomic mass is 10.0. The van der Waals surface area contributed by atoms with Crippen molar-refractivity contribution in [2.24, 2.45) is 5.92 Å². The van der Waals surface area contributed by atoms with Crippen LogP contribution < -0.4 is 0 Å². The summed E-state index contributed by atoms with van der Waals surface area (Å²) in [5.74, 6) is 0.217. The molecule has 144 valence electrons. The third kappa shape index (κ3) is 7.21. The number of hydrogen-bond acceptors (Lipinski definition) is 3. The Balaban J connectivity index is 2.05. The topological polar surface area (TPSA) is 57.6 Å². The number of ketones is 1. The monoisotopic (exact) mass is 351 g/mol. The van der Waals surface area contributed by atoms with Gasteiger partial charge in [-0.2, -0.15) is 0 Å². The highest BCUT2D eigenvalue weighted by Gasteiger charge is 2.37. The Hall–Kier alpha value is -1.32. The number of likely N-dealkylation sites (N-methyl/N-ethyl adjacent to an activating group) is 1. The molecule has 0 aromatic carbocycles. The molecule has 1 amide bonds. The van der Waals surface area contributed by atoms with Gasteiger partial charge in [0.05, 0.1) is 6.04 Å². The number of aliphatic hydroxyl groups excluding tert-OH is 1. The lowest BCUT2D eigenvalue weighted by Crippen LogP contribution is -2.30. The summed E-state index contributed by atoms with van der Waals surface area (Å²) >= 11 is 0. The number of rotatable bonds is 13. The van der Waals surface area contributed by atoms with Gasteiger partial charge in [-0.1, -0.05) is 71.6 Å². The maximum atomic E-state index is 12.2. The summed E-state index contributed by atoms with van der Waals surface area (Å²) < 4.78 is 0. The first-order valence-electron chi connectivity index (χ1n) is 10.1. The zero-order valence-electron chi connectivity index (χ0n) is 16.6. The Morgan fingerprint density at radius 2 is 1.48 bits per heavy atom. The molecule has 0 unspecified atom stereocenters. The fourth-order valence-electron chi connectivity index (χ4n) is 3.32. The molecule has 4 nitrogen and oxygen atoms in total.